The van der Waals surface area contributed by atoms with Gasteiger partial charge in [-0.2, -0.15) is 0 Å². The van der Waals surface area contributed by atoms with E-state index in [1.54, 1.807) is 19.2 Å². The minimum Gasteiger partial charge on any atom is -0.493 e. The molecule has 0 bridgehead atoms. The third kappa shape index (κ3) is 3.20. The first kappa shape index (κ1) is 16.6. The fourth-order valence-corrected chi connectivity index (χ4v) is 3.74. The molecule has 21 heavy (non-hydrogen) atoms. The van der Waals surface area contributed by atoms with Gasteiger partial charge in [0, 0.05) is 11.6 Å². The summed E-state index contributed by atoms with van der Waals surface area (Å²) in [6.07, 6.45) is 0.834. The van der Waals surface area contributed by atoms with E-state index >= 15 is 0 Å². The Balaban J connectivity index is 2.31. The number of anilines is 1. The van der Waals surface area contributed by atoms with E-state index < -0.39 is 0 Å². The van der Waals surface area contributed by atoms with Crippen LogP contribution >= 0.6 is 27.5 Å². The van der Waals surface area contributed by atoms with Gasteiger partial charge in [0.05, 0.1) is 22.7 Å². The van der Waals surface area contributed by atoms with Gasteiger partial charge in [-0.3, -0.25) is 4.79 Å². The maximum atomic E-state index is 12.8. The Morgan fingerprint density at radius 2 is 2.24 bits per heavy atom. The number of methoxy groups -OCH3 is 1. The molecular weight excluding hydrogens is 356 g/mol. The van der Waals surface area contributed by atoms with Crippen LogP contribution in [0.3, 0.4) is 0 Å². The van der Waals surface area contributed by atoms with Crippen molar-refractivity contribution >= 4 is 39.1 Å². The van der Waals surface area contributed by atoms with E-state index in [-0.39, 0.29) is 17.2 Å². The normalized spacial score (nSPS) is 21.6. The quantitative estimate of drug-likeness (QED) is 0.844. The summed E-state index contributed by atoms with van der Waals surface area (Å²) in [6.45, 7) is 5.72. The van der Waals surface area contributed by atoms with Crippen LogP contribution < -0.4 is 15.4 Å². The molecule has 0 aromatic heterocycles. The smallest absolute Gasteiger partial charge is 0.232 e. The molecule has 1 aromatic rings. The molecule has 0 radical (unpaired) electrons. The lowest BCUT2D eigenvalue weighted by molar-refractivity contribution is -0.126. The fraction of sp³-hybridized carbons (Fsp3) is 0.533. The Morgan fingerprint density at radius 1 is 1.52 bits per heavy atom. The van der Waals surface area contributed by atoms with Crippen molar-refractivity contribution < 1.29 is 9.53 Å². The monoisotopic (exact) mass is 374 g/mol. The van der Waals surface area contributed by atoms with E-state index in [0.717, 1.165) is 17.4 Å². The molecule has 1 amide bonds. The molecule has 0 aliphatic carbocycles. The van der Waals surface area contributed by atoms with Crippen molar-refractivity contribution in [2.45, 2.75) is 20.3 Å². The Labute approximate surface area is 138 Å². The van der Waals surface area contributed by atoms with Gasteiger partial charge in [-0.1, -0.05) is 25.4 Å². The Bertz CT molecular complexity index is 543. The highest BCUT2D eigenvalue weighted by atomic mass is 79.9. The summed E-state index contributed by atoms with van der Waals surface area (Å²) >= 11 is 9.47. The van der Waals surface area contributed by atoms with Crippen LogP contribution in [-0.4, -0.2) is 26.1 Å². The second-order valence-electron chi connectivity index (χ2n) is 5.66. The molecule has 1 atom stereocenters. The van der Waals surface area contributed by atoms with Crippen molar-refractivity contribution in [1.82, 2.24) is 5.32 Å². The van der Waals surface area contributed by atoms with Gasteiger partial charge in [0.2, 0.25) is 5.91 Å². The molecule has 1 heterocycles. The lowest BCUT2D eigenvalue weighted by Gasteiger charge is -2.31. The van der Waals surface area contributed by atoms with E-state index in [2.05, 4.69) is 40.4 Å². The summed E-state index contributed by atoms with van der Waals surface area (Å²) in [5.41, 5.74) is 0.202. The van der Waals surface area contributed by atoms with Gasteiger partial charge in [0.15, 0.2) is 5.75 Å². The molecule has 0 spiro atoms. The van der Waals surface area contributed by atoms with E-state index in [0.29, 0.717) is 23.0 Å². The number of carbonyl (C=O) groups excluding carboxylic acids is 1. The lowest BCUT2D eigenvalue weighted by Crippen LogP contribution is -2.42. The third-order valence-corrected chi connectivity index (χ3v) is 5.01. The first-order valence-electron chi connectivity index (χ1n) is 6.96. The van der Waals surface area contributed by atoms with Gasteiger partial charge >= 0.3 is 0 Å². The minimum absolute atomic E-state index is 0.00923. The molecule has 1 aliphatic heterocycles. The highest BCUT2D eigenvalue weighted by molar-refractivity contribution is 9.10. The number of hydrogen-bond donors (Lipinski definition) is 2. The molecule has 6 heteroatoms. The standard InChI is InChI=1S/C15H20BrClN2O2/c1-9(2)15(4-5-18-8-15)14(20)19-12-7-10(17)6-11(16)13(12)21-3/h6-7,9,18H,4-5,8H2,1-3H3,(H,19,20). The van der Waals surface area contributed by atoms with Gasteiger partial charge in [-0.25, -0.2) is 0 Å². The van der Waals surface area contributed by atoms with Gasteiger partial charge in [-0.15, -0.1) is 0 Å². The van der Waals surface area contributed by atoms with Crippen LogP contribution in [0.15, 0.2) is 16.6 Å². The number of ether oxygens (including phenoxy) is 1. The molecule has 4 nitrogen and oxygen atoms in total. The van der Waals surface area contributed by atoms with Crippen molar-refractivity contribution in [2.24, 2.45) is 11.3 Å². The summed E-state index contributed by atoms with van der Waals surface area (Å²) in [4.78, 5) is 12.8. The summed E-state index contributed by atoms with van der Waals surface area (Å²) in [6, 6.07) is 3.45. The molecular formula is C15H20BrClN2O2. The van der Waals surface area contributed by atoms with Crippen LogP contribution in [0.2, 0.25) is 5.02 Å². The van der Waals surface area contributed by atoms with E-state index in [9.17, 15) is 4.79 Å². The first-order valence-corrected chi connectivity index (χ1v) is 8.13. The largest absolute Gasteiger partial charge is 0.493 e. The predicted octanol–water partition coefficient (Wildman–Crippen LogP) is 3.69. The molecule has 2 rings (SSSR count). The van der Waals surface area contributed by atoms with Crippen LogP contribution in [0.5, 0.6) is 5.75 Å². The maximum absolute atomic E-state index is 12.8. The highest BCUT2D eigenvalue weighted by Crippen LogP contribution is 2.39. The average Bonchev–Trinajstić information content (AvgIpc) is 2.88. The van der Waals surface area contributed by atoms with E-state index in [4.69, 9.17) is 16.3 Å². The van der Waals surface area contributed by atoms with Crippen molar-refractivity contribution in [3.63, 3.8) is 0 Å². The van der Waals surface area contributed by atoms with Crippen LogP contribution in [0.4, 0.5) is 5.69 Å². The highest BCUT2D eigenvalue weighted by Gasteiger charge is 2.44. The van der Waals surface area contributed by atoms with Crippen molar-refractivity contribution in [2.75, 3.05) is 25.5 Å². The van der Waals surface area contributed by atoms with Crippen molar-refractivity contribution in [1.29, 1.82) is 0 Å². The van der Waals surface area contributed by atoms with Crippen molar-refractivity contribution in [3.05, 3.63) is 21.6 Å². The Kier molecular flexibility index (Phi) is 5.17. The molecule has 1 aromatic carbocycles. The fourth-order valence-electron chi connectivity index (χ4n) is 2.77. The van der Waals surface area contributed by atoms with Gasteiger partial charge in [0.25, 0.3) is 0 Å². The second-order valence-corrected chi connectivity index (χ2v) is 6.95. The molecule has 0 saturated carbocycles. The van der Waals surface area contributed by atoms with E-state index in [1.165, 1.54) is 0 Å². The van der Waals surface area contributed by atoms with Crippen molar-refractivity contribution in [3.8, 4) is 5.75 Å². The summed E-state index contributed by atoms with van der Waals surface area (Å²) in [5.74, 6) is 0.841. The summed E-state index contributed by atoms with van der Waals surface area (Å²) in [7, 11) is 1.57. The lowest BCUT2D eigenvalue weighted by atomic mass is 9.75. The Hall–Kier alpha value is -0.780. The maximum Gasteiger partial charge on any atom is 0.232 e. The van der Waals surface area contributed by atoms with Crippen LogP contribution in [0.25, 0.3) is 0 Å². The molecule has 2 N–H and O–H groups in total. The SMILES string of the molecule is COc1c(Br)cc(Cl)cc1NC(=O)C1(C(C)C)CCNC1. The third-order valence-electron chi connectivity index (χ3n) is 4.21. The molecule has 1 fully saturated rings. The number of halogens is 2. The zero-order chi connectivity index (χ0) is 15.6. The Morgan fingerprint density at radius 3 is 2.76 bits per heavy atom. The summed E-state index contributed by atoms with van der Waals surface area (Å²) < 4.78 is 6.07. The topological polar surface area (TPSA) is 50.4 Å². The number of hydrogen-bond acceptors (Lipinski definition) is 3. The first-order chi connectivity index (χ1) is 9.90. The van der Waals surface area contributed by atoms with Gasteiger partial charge in [0.1, 0.15) is 0 Å². The van der Waals surface area contributed by atoms with Gasteiger partial charge < -0.3 is 15.4 Å². The number of rotatable bonds is 4. The number of nitrogens with one attached hydrogen (secondary N) is 2. The van der Waals surface area contributed by atoms with Gasteiger partial charge in [-0.05, 0) is 46.9 Å². The van der Waals surface area contributed by atoms with Crippen LogP contribution in [-0.2, 0) is 4.79 Å². The number of benzene rings is 1. The van der Waals surface area contributed by atoms with Crippen LogP contribution in [0.1, 0.15) is 20.3 Å². The minimum atomic E-state index is -0.389. The molecule has 116 valence electrons. The molecule has 1 saturated heterocycles. The average molecular weight is 376 g/mol. The van der Waals surface area contributed by atoms with E-state index in [1.807, 2.05) is 0 Å². The zero-order valence-electron chi connectivity index (χ0n) is 12.4. The number of amides is 1. The zero-order valence-corrected chi connectivity index (χ0v) is 14.8. The second kappa shape index (κ2) is 6.55. The van der Waals surface area contributed by atoms with Crippen LogP contribution in [0, 0.1) is 11.3 Å². The molecule has 1 aliphatic rings. The number of carbonyl (C=O) groups is 1. The molecule has 1 unspecified atom stereocenters. The predicted molar refractivity (Wildman–Crippen MR) is 89.1 cm³/mol. The summed E-state index contributed by atoms with van der Waals surface area (Å²) in [5, 5.41) is 6.82.